The number of rotatable bonds is 7. The minimum absolute atomic E-state index is 0.0295. The van der Waals surface area contributed by atoms with Crippen molar-refractivity contribution < 1.29 is 29.0 Å². The third-order valence-electron chi connectivity index (χ3n) is 1.96. The van der Waals surface area contributed by atoms with Crippen LogP contribution in [0.25, 0.3) is 0 Å². The normalized spacial score (nSPS) is 12.2. The average Bonchev–Trinajstić information content (AvgIpc) is 2.32. The molecule has 0 saturated heterocycles. The minimum atomic E-state index is -1.19. The molecule has 0 unspecified atom stereocenters. The lowest BCUT2D eigenvalue weighted by Crippen LogP contribution is -2.44. The standard InChI is InChI=1S/C13H21NO6/c1-5-6-19-12(18)14-9(10(16)8-15)7-11(17)20-13(2,3)4/h5,9,15H,1,6-8H2,2-4H3,(H,14,18)/t9-/m0/s1. The number of hydrogen-bond acceptors (Lipinski definition) is 6. The first-order valence-electron chi connectivity index (χ1n) is 6.09. The molecule has 0 saturated carbocycles. The van der Waals surface area contributed by atoms with Crippen LogP contribution in [0.2, 0.25) is 0 Å². The van der Waals surface area contributed by atoms with Gasteiger partial charge in [0.15, 0.2) is 5.78 Å². The summed E-state index contributed by atoms with van der Waals surface area (Å²) in [6.45, 7) is 7.58. The van der Waals surface area contributed by atoms with E-state index in [4.69, 9.17) is 9.84 Å². The molecule has 0 aliphatic carbocycles. The summed E-state index contributed by atoms with van der Waals surface area (Å²) < 4.78 is 9.69. The van der Waals surface area contributed by atoms with Gasteiger partial charge in [-0.25, -0.2) is 4.79 Å². The molecule has 0 heterocycles. The summed E-state index contributed by atoms with van der Waals surface area (Å²) in [7, 11) is 0. The van der Waals surface area contributed by atoms with Crippen LogP contribution in [0.5, 0.6) is 0 Å². The zero-order valence-electron chi connectivity index (χ0n) is 12.0. The number of carbonyl (C=O) groups excluding carboxylic acids is 3. The first kappa shape index (κ1) is 18.1. The smallest absolute Gasteiger partial charge is 0.408 e. The third-order valence-corrected chi connectivity index (χ3v) is 1.96. The van der Waals surface area contributed by atoms with E-state index in [1.54, 1.807) is 20.8 Å². The second-order valence-corrected chi connectivity index (χ2v) is 5.00. The maximum Gasteiger partial charge on any atom is 0.408 e. The topological polar surface area (TPSA) is 102 Å². The minimum Gasteiger partial charge on any atom is -0.460 e. The molecule has 0 aromatic carbocycles. The first-order valence-corrected chi connectivity index (χ1v) is 6.09. The van der Waals surface area contributed by atoms with Crippen LogP contribution in [0.15, 0.2) is 12.7 Å². The van der Waals surface area contributed by atoms with Crippen LogP contribution in [0.4, 0.5) is 4.79 Å². The van der Waals surface area contributed by atoms with Crippen molar-refractivity contribution in [1.82, 2.24) is 5.32 Å². The molecule has 114 valence electrons. The maximum absolute atomic E-state index is 11.6. The Hall–Kier alpha value is -1.89. The lowest BCUT2D eigenvalue weighted by atomic mass is 10.1. The van der Waals surface area contributed by atoms with Crippen LogP contribution < -0.4 is 5.32 Å². The first-order chi connectivity index (χ1) is 9.19. The Kier molecular flexibility index (Phi) is 7.53. The summed E-state index contributed by atoms with van der Waals surface area (Å²) in [5, 5.41) is 11.0. The second kappa shape index (κ2) is 8.31. The highest BCUT2D eigenvalue weighted by Crippen LogP contribution is 2.09. The van der Waals surface area contributed by atoms with Crippen molar-refractivity contribution in [2.75, 3.05) is 13.2 Å². The maximum atomic E-state index is 11.6. The van der Waals surface area contributed by atoms with Crippen molar-refractivity contribution >= 4 is 17.8 Å². The highest BCUT2D eigenvalue weighted by atomic mass is 16.6. The summed E-state index contributed by atoms with van der Waals surface area (Å²) in [5.41, 5.74) is -0.701. The Labute approximate surface area is 117 Å². The van der Waals surface area contributed by atoms with Crippen LogP contribution in [0.3, 0.4) is 0 Å². The summed E-state index contributed by atoms with van der Waals surface area (Å²) in [5.74, 6) is -1.36. The number of aliphatic hydroxyl groups is 1. The van der Waals surface area contributed by atoms with E-state index < -0.39 is 36.1 Å². The van der Waals surface area contributed by atoms with E-state index in [1.807, 2.05) is 0 Å². The van der Waals surface area contributed by atoms with Crippen LogP contribution in [-0.2, 0) is 19.1 Å². The molecule has 0 aromatic heterocycles. The molecule has 7 heteroatoms. The quantitative estimate of drug-likeness (QED) is 0.524. The predicted molar refractivity (Wildman–Crippen MR) is 71.0 cm³/mol. The van der Waals surface area contributed by atoms with Crippen LogP contribution >= 0.6 is 0 Å². The Bertz CT molecular complexity index is 372. The van der Waals surface area contributed by atoms with Crippen molar-refractivity contribution in [3.05, 3.63) is 12.7 Å². The van der Waals surface area contributed by atoms with Crippen LogP contribution in [0.1, 0.15) is 27.2 Å². The van der Waals surface area contributed by atoms with Crippen molar-refractivity contribution in [1.29, 1.82) is 0 Å². The molecule has 0 aliphatic rings. The zero-order valence-corrected chi connectivity index (χ0v) is 12.0. The molecule has 7 nitrogen and oxygen atoms in total. The van der Waals surface area contributed by atoms with Gasteiger partial charge in [-0.05, 0) is 20.8 Å². The summed E-state index contributed by atoms with van der Waals surface area (Å²) >= 11 is 0. The summed E-state index contributed by atoms with van der Waals surface area (Å²) in [6.07, 6.45) is 0.108. The molecule has 0 aromatic rings. The number of amides is 1. The number of alkyl carbamates (subject to hydrolysis) is 1. The van der Waals surface area contributed by atoms with E-state index in [0.29, 0.717) is 0 Å². The number of aliphatic hydroxyl groups excluding tert-OH is 1. The molecule has 0 fully saturated rings. The Balaban J connectivity index is 4.57. The third kappa shape index (κ3) is 8.25. The Morgan fingerprint density at radius 1 is 1.35 bits per heavy atom. The molecule has 1 amide bonds. The zero-order chi connectivity index (χ0) is 15.8. The molecule has 20 heavy (non-hydrogen) atoms. The number of Topliss-reactive ketones (excluding diaryl/α,β-unsaturated/α-hetero) is 1. The molecule has 0 bridgehead atoms. The molecule has 0 rings (SSSR count). The van der Waals surface area contributed by atoms with Gasteiger partial charge in [-0.3, -0.25) is 9.59 Å². The second-order valence-electron chi connectivity index (χ2n) is 5.00. The Morgan fingerprint density at radius 3 is 2.40 bits per heavy atom. The van der Waals surface area contributed by atoms with Crippen LogP contribution in [0, 0.1) is 0 Å². The molecular formula is C13H21NO6. The van der Waals surface area contributed by atoms with E-state index in [0.717, 1.165) is 0 Å². The molecule has 0 aliphatic heterocycles. The van der Waals surface area contributed by atoms with Crippen molar-refractivity contribution in [2.45, 2.75) is 38.8 Å². The average molecular weight is 287 g/mol. The van der Waals surface area contributed by atoms with Crippen molar-refractivity contribution in [3.63, 3.8) is 0 Å². The predicted octanol–water partition coefficient (Wildman–Crippen LogP) is 0.560. The molecule has 0 spiro atoms. The van der Waals surface area contributed by atoms with Gasteiger partial charge in [0.05, 0.1) is 6.42 Å². The monoisotopic (exact) mass is 287 g/mol. The highest BCUT2D eigenvalue weighted by Gasteiger charge is 2.26. The van der Waals surface area contributed by atoms with Gasteiger partial charge >= 0.3 is 12.1 Å². The molecule has 2 N–H and O–H groups in total. The van der Waals surface area contributed by atoms with E-state index in [-0.39, 0.29) is 13.0 Å². The number of carbonyl (C=O) groups is 3. The number of nitrogens with one attached hydrogen (secondary N) is 1. The van der Waals surface area contributed by atoms with Gasteiger partial charge < -0.3 is 19.9 Å². The van der Waals surface area contributed by atoms with Gasteiger partial charge in [-0.2, -0.15) is 0 Å². The molecule has 0 radical (unpaired) electrons. The largest absolute Gasteiger partial charge is 0.460 e. The SMILES string of the molecule is C=CCOC(=O)N[C@@H](CC(=O)OC(C)(C)C)C(=O)CO. The van der Waals surface area contributed by atoms with Crippen molar-refractivity contribution in [3.8, 4) is 0 Å². The number of esters is 1. The van der Waals surface area contributed by atoms with E-state index in [2.05, 4.69) is 16.6 Å². The highest BCUT2D eigenvalue weighted by molar-refractivity contribution is 5.91. The Morgan fingerprint density at radius 2 is 1.95 bits per heavy atom. The fourth-order valence-corrected chi connectivity index (χ4v) is 1.22. The van der Waals surface area contributed by atoms with E-state index >= 15 is 0 Å². The van der Waals surface area contributed by atoms with Gasteiger partial charge in [0.25, 0.3) is 0 Å². The summed E-state index contributed by atoms with van der Waals surface area (Å²) in [6, 6.07) is -1.19. The van der Waals surface area contributed by atoms with Gasteiger partial charge in [0.1, 0.15) is 24.9 Å². The van der Waals surface area contributed by atoms with E-state index in [1.165, 1.54) is 6.08 Å². The van der Waals surface area contributed by atoms with E-state index in [9.17, 15) is 14.4 Å². The lowest BCUT2D eigenvalue weighted by Gasteiger charge is -2.22. The molecular weight excluding hydrogens is 266 g/mol. The lowest BCUT2D eigenvalue weighted by molar-refractivity contribution is -0.156. The van der Waals surface area contributed by atoms with Gasteiger partial charge in [-0.15, -0.1) is 0 Å². The number of hydrogen-bond donors (Lipinski definition) is 2. The summed E-state index contributed by atoms with van der Waals surface area (Å²) in [4.78, 5) is 34.4. The number of ether oxygens (including phenoxy) is 2. The number of ketones is 1. The van der Waals surface area contributed by atoms with Gasteiger partial charge in [0, 0.05) is 0 Å². The van der Waals surface area contributed by atoms with Gasteiger partial charge in [0.2, 0.25) is 0 Å². The van der Waals surface area contributed by atoms with Crippen LogP contribution in [-0.4, -0.2) is 47.8 Å². The van der Waals surface area contributed by atoms with Crippen molar-refractivity contribution in [2.24, 2.45) is 0 Å². The van der Waals surface area contributed by atoms with Gasteiger partial charge in [-0.1, -0.05) is 12.7 Å². The fraction of sp³-hybridized carbons (Fsp3) is 0.615. The fourth-order valence-electron chi connectivity index (χ4n) is 1.22. The molecule has 1 atom stereocenters.